The van der Waals surface area contributed by atoms with Crippen molar-refractivity contribution in [3.05, 3.63) is 42.1 Å². The van der Waals surface area contributed by atoms with Crippen LogP contribution in [0.2, 0.25) is 0 Å². The second-order valence-electron chi connectivity index (χ2n) is 6.05. The molecule has 1 aliphatic rings. The average Bonchev–Trinajstić information content (AvgIpc) is 3.00. The van der Waals surface area contributed by atoms with Crippen LogP contribution in [0, 0.1) is 5.82 Å². The first-order valence-corrected chi connectivity index (χ1v) is 9.37. The summed E-state index contributed by atoms with van der Waals surface area (Å²) < 4.78 is 37.2. The topological polar surface area (TPSA) is 94.1 Å². The number of sulfonamides is 1. The van der Waals surface area contributed by atoms with Gasteiger partial charge in [-0.15, -0.1) is 12.4 Å². The Kier molecular flexibility index (Phi) is 6.15. The summed E-state index contributed by atoms with van der Waals surface area (Å²) in [6.07, 6.45) is 5.23. The molecular weight excluding hydrogens is 369 g/mol. The van der Waals surface area contributed by atoms with Crippen molar-refractivity contribution in [2.75, 3.05) is 13.1 Å². The molecule has 3 heterocycles. The maximum atomic E-state index is 13.0. The van der Waals surface area contributed by atoms with Gasteiger partial charge < -0.3 is 0 Å². The van der Waals surface area contributed by atoms with Gasteiger partial charge in [-0.3, -0.25) is 4.90 Å². The molecule has 0 radical (unpaired) electrons. The van der Waals surface area contributed by atoms with E-state index in [4.69, 9.17) is 5.14 Å². The van der Waals surface area contributed by atoms with E-state index in [2.05, 4.69) is 21.9 Å². The van der Waals surface area contributed by atoms with Gasteiger partial charge in [0.05, 0.1) is 17.6 Å². The number of likely N-dealkylation sites (tertiary alicyclic amines) is 1. The van der Waals surface area contributed by atoms with Gasteiger partial charge in [0.2, 0.25) is 10.0 Å². The van der Waals surface area contributed by atoms with Crippen molar-refractivity contribution >= 4 is 22.4 Å². The highest BCUT2D eigenvalue weighted by Gasteiger charge is 2.29. The molecule has 25 heavy (non-hydrogen) atoms. The highest BCUT2D eigenvalue weighted by atomic mass is 35.5. The maximum absolute atomic E-state index is 13.0. The number of nitrogens with two attached hydrogens (primary N) is 1. The van der Waals surface area contributed by atoms with E-state index >= 15 is 0 Å². The zero-order valence-electron chi connectivity index (χ0n) is 13.7. The monoisotopic (exact) mass is 389 g/mol. The van der Waals surface area contributed by atoms with Crippen molar-refractivity contribution < 1.29 is 12.8 Å². The zero-order chi connectivity index (χ0) is 17.3. The van der Waals surface area contributed by atoms with Gasteiger partial charge in [-0.1, -0.05) is 6.07 Å². The molecule has 2 aromatic heterocycles. The Hall–Kier alpha value is -1.55. The quantitative estimate of drug-likeness (QED) is 0.857. The minimum Gasteiger partial charge on any atom is -0.296 e. The Bertz CT molecular complexity index is 804. The van der Waals surface area contributed by atoms with Crippen LogP contribution in [0.1, 0.15) is 31.4 Å². The van der Waals surface area contributed by atoms with Crippen molar-refractivity contribution in [1.29, 1.82) is 0 Å². The van der Waals surface area contributed by atoms with Crippen LogP contribution < -0.4 is 5.14 Å². The lowest BCUT2D eigenvalue weighted by molar-refractivity contribution is 0.176. The largest absolute Gasteiger partial charge is 0.296 e. The molecule has 2 aromatic rings. The number of hydrogen-bond donors (Lipinski definition) is 1. The van der Waals surface area contributed by atoms with Crippen LogP contribution >= 0.6 is 12.4 Å². The summed E-state index contributed by atoms with van der Waals surface area (Å²) in [5.41, 5.74) is 1.01. The first-order valence-electron chi connectivity index (χ1n) is 7.77. The predicted octanol–water partition coefficient (Wildman–Crippen LogP) is 1.64. The van der Waals surface area contributed by atoms with Gasteiger partial charge in [0.25, 0.3) is 0 Å². The highest BCUT2D eigenvalue weighted by molar-refractivity contribution is 7.89. The third kappa shape index (κ3) is 4.55. The Labute approximate surface area is 152 Å². The van der Waals surface area contributed by atoms with Crippen LogP contribution in [0.15, 0.2) is 30.7 Å². The minimum absolute atomic E-state index is 0. The molecule has 0 spiro atoms. The van der Waals surface area contributed by atoms with E-state index in [0.717, 1.165) is 11.8 Å². The molecule has 1 saturated heterocycles. The predicted molar refractivity (Wildman–Crippen MR) is 94.7 cm³/mol. The lowest BCUT2D eigenvalue weighted by Crippen LogP contribution is -2.42. The number of halogens is 2. The van der Waals surface area contributed by atoms with Gasteiger partial charge in [0, 0.05) is 25.3 Å². The SMILES string of the molecule is CC(c1ccc(-n2cc(F)cn2)nc1)N1CCC(S(N)(=O)=O)CC1.Cl. The average molecular weight is 390 g/mol. The molecule has 2 N–H and O–H groups in total. The summed E-state index contributed by atoms with van der Waals surface area (Å²) in [7, 11) is -3.45. The molecule has 138 valence electrons. The van der Waals surface area contributed by atoms with E-state index in [1.807, 2.05) is 6.07 Å². The summed E-state index contributed by atoms with van der Waals surface area (Å²) >= 11 is 0. The van der Waals surface area contributed by atoms with Gasteiger partial charge in [0.15, 0.2) is 11.6 Å². The molecule has 1 unspecified atom stereocenters. The molecule has 0 bridgehead atoms. The number of pyridine rings is 1. The molecule has 0 amide bonds. The molecule has 10 heteroatoms. The Balaban J connectivity index is 0.00000225. The number of hydrogen-bond acceptors (Lipinski definition) is 5. The van der Waals surface area contributed by atoms with Crippen LogP contribution in [0.3, 0.4) is 0 Å². The van der Waals surface area contributed by atoms with E-state index in [1.165, 1.54) is 10.9 Å². The standard InChI is InChI=1S/C15H20FN5O2S.ClH/c1-11(20-6-4-14(5-7-20)24(17,22)23)12-2-3-15(18-8-12)21-10-13(16)9-19-21;/h2-3,8-11,14H,4-7H2,1H3,(H2,17,22,23);1H. The third-order valence-corrected chi connectivity index (χ3v) is 5.93. The molecule has 1 aliphatic heterocycles. The number of primary sulfonamides is 1. The molecular formula is C15H21ClFN5O2S. The van der Waals surface area contributed by atoms with E-state index in [1.54, 1.807) is 12.3 Å². The molecule has 3 rings (SSSR count). The first kappa shape index (κ1) is 19.8. The Morgan fingerprint density at radius 3 is 2.44 bits per heavy atom. The third-order valence-electron chi connectivity index (χ3n) is 4.53. The summed E-state index contributed by atoms with van der Waals surface area (Å²) in [4.78, 5) is 6.54. The van der Waals surface area contributed by atoms with E-state index in [0.29, 0.717) is 31.7 Å². The summed E-state index contributed by atoms with van der Waals surface area (Å²) in [5, 5.41) is 8.66. The molecule has 0 aliphatic carbocycles. The van der Waals surface area contributed by atoms with Crippen LogP contribution in [-0.4, -0.2) is 46.4 Å². The normalized spacial score (nSPS) is 17.9. The van der Waals surface area contributed by atoms with Gasteiger partial charge in [0.1, 0.15) is 0 Å². The van der Waals surface area contributed by atoms with Crippen molar-refractivity contribution in [1.82, 2.24) is 19.7 Å². The van der Waals surface area contributed by atoms with E-state index in [9.17, 15) is 12.8 Å². The lowest BCUT2D eigenvalue weighted by Gasteiger charge is -2.35. The fourth-order valence-corrected chi connectivity index (χ4v) is 3.88. The van der Waals surface area contributed by atoms with Crippen LogP contribution in [0.25, 0.3) is 5.82 Å². The second-order valence-corrected chi connectivity index (χ2v) is 7.90. The number of piperidine rings is 1. The van der Waals surface area contributed by atoms with Gasteiger partial charge >= 0.3 is 0 Å². The first-order chi connectivity index (χ1) is 11.3. The molecule has 0 saturated carbocycles. The van der Waals surface area contributed by atoms with Crippen molar-refractivity contribution in [2.45, 2.75) is 31.1 Å². The van der Waals surface area contributed by atoms with Gasteiger partial charge in [-0.25, -0.2) is 27.6 Å². The Morgan fingerprint density at radius 1 is 1.28 bits per heavy atom. The van der Waals surface area contributed by atoms with Crippen molar-refractivity contribution in [2.24, 2.45) is 5.14 Å². The Morgan fingerprint density at radius 2 is 1.96 bits per heavy atom. The molecule has 0 aromatic carbocycles. The number of aromatic nitrogens is 3. The summed E-state index contributed by atoms with van der Waals surface area (Å²) in [6.45, 7) is 3.41. The molecule has 7 nitrogen and oxygen atoms in total. The van der Waals surface area contributed by atoms with E-state index < -0.39 is 21.1 Å². The minimum atomic E-state index is -3.45. The van der Waals surface area contributed by atoms with Crippen LogP contribution in [0.4, 0.5) is 4.39 Å². The van der Waals surface area contributed by atoms with Gasteiger partial charge in [-0.05, 0) is 31.4 Å². The van der Waals surface area contributed by atoms with Crippen LogP contribution in [0.5, 0.6) is 0 Å². The fourth-order valence-electron chi connectivity index (χ4n) is 3.01. The van der Waals surface area contributed by atoms with E-state index in [-0.39, 0.29) is 18.4 Å². The lowest BCUT2D eigenvalue weighted by atomic mass is 10.0. The maximum Gasteiger partial charge on any atom is 0.212 e. The fraction of sp³-hybridized carbons (Fsp3) is 0.467. The van der Waals surface area contributed by atoms with Crippen LogP contribution in [-0.2, 0) is 10.0 Å². The summed E-state index contributed by atoms with van der Waals surface area (Å²) in [6, 6.07) is 3.83. The number of rotatable bonds is 4. The van der Waals surface area contributed by atoms with Gasteiger partial charge in [-0.2, -0.15) is 5.10 Å². The second kappa shape index (κ2) is 7.77. The zero-order valence-corrected chi connectivity index (χ0v) is 15.4. The molecule has 1 atom stereocenters. The smallest absolute Gasteiger partial charge is 0.212 e. The molecule has 1 fully saturated rings. The van der Waals surface area contributed by atoms with Crippen molar-refractivity contribution in [3.8, 4) is 5.82 Å². The van der Waals surface area contributed by atoms with Crippen molar-refractivity contribution in [3.63, 3.8) is 0 Å². The number of nitrogens with zero attached hydrogens (tertiary/aromatic N) is 4. The highest BCUT2D eigenvalue weighted by Crippen LogP contribution is 2.25. The summed E-state index contributed by atoms with van der Waals surface area (Å²) in [5.74, 6) is 0.134.